The molecule has 15 heavy (non-hydrogen) atoms. The lowest BCUT2D eigenvalue weighted by Gasteiger charge is -2.38. The van der Waals surface area contributed by atoms with Gasteiger partial charge in [0.2, 0.25) is 0 Å². The second-order valence-corrected chi connectivity index (χ2v) is 5.41. The smallest absolute Gasteiger partial charge is 0.315 e. The summed E-state index contributed by atoms with van der Waals surface area (Å²) >= 11 is 0. The highest BCUT2D eigenvalue weighted by atomic mass is 16.3. The molecule has 0 heterocycles. The Bertz CT molecular complexity index is 239. The number of hydrogen-bond donors (Lipinski definition) is 3. The Morgan fingerprint density at radius 3 is 2.13 bits per heavy atom. The van der Waals surface area contributed by atoms with E-state index in [1.54, 1.807) is 13.8 Å². The van der Waals surface area contributed by atoms with E-state index in [0.717, 1.165) is 12.8 Å². The number of hydrogen-bond acceptors (Lipinski definition) is 2. The Balaban J connectivity index is 2.42. The molecule has 1 aliphatic rings. The van der Waals surface area contributed by atoms with E-state index >= 15 is 0 Å². The van der Waals surface area contributed by atoms with E-state index < -0.39 is 11.1 Å². The molecule has 0 unspecified atom stereocenters. The number of carbonyl (C=O) groups excluding carboxylic acids is 1. The maximum absolute atomic E-state index is 11.6. The fourth-order valence-corrected chi connectivity index (χ4v) is 1.21. The highest BCUT2D eigenvalue weighted by Crippen LogP contribution is 2.21. The highest BCUT2D eigenvalue weighted by molar-refractivity contribution is 5.75. The number of carbonyl (C=O) groups is 1. The molecule has 0 aromatic carbocycles. The number of aliphatic hydroxyl groups is 1. The third-order valence-electron chi connectivity index (χ3n) is 3.40. The van der Waals surface area contributed by atoms with E-state index in [1.165, 1.54) is 6.42 Å². The third kappa shape index (κ3) is 3.09. The summed E-state index contributed by atoms with van der Waals surface area (Å²) in [5, 5.41) is 15.5. The van der Waals surface area contributed by atoms with Crippen molar-refractivity contribution in [2.24, 2.45) is 0 Å². The number of nitrogens with one attached hydrogen (secondary N) is 2. The Labute approximate surface area is 91.4 Å². The molecule has 1 aliphatic carbocycles. The SMILES string of the molecule is CC(C)(O)C(C)(C)NC(=O)NC1CCC1. The Hall–Kier alpha value is -0.770. The summed E-state index contributed by atoms with van der Waals surface area (Å²) in [6.45, 7) is 7.01. The first kappa shape index (κ1) is 12.3. The number of rotatable bonds is 3. The minimum Gasteiger partial charge on any atom is -0.388 e. The van der Waals surface area contributed by atoms with Crippen LogP contribution in [0.15, 0.2) is 0 Å². The molecule has 1 saturated carbocycles. The van der Waals surface area contributed by atoms with Crippen LogP contribution in [0.3, 0.4) is 0 Å². The molecule has 0 radical (unpaired) electrons. The van der Waals surface area contributed by atoms with Crippen molar-refractivity contribution in [1.82, 2.24) is 10.6 Å². The molecule has 1 rings (SSSR count). The first-order chi connectivity index (χ1) is 6.72. The zero-order chi connectivity index (χ0) is 11.7. The lowest BCUT2D eigenvalue weighted by atomic mass is 9.86. The molecule has 3 N–H and O–H groups in total. The summed E-state index contributed by atoms with van der Waals surface area (Å²) in [5.74, 6) is 0. The van der Waals surface area contributed by atoms with Crippen LogP contribution in [-0.2, 0) is 0 Å². The van der Waals surface area contributed by atoms with Gasteiger partial charge >= 0.3 is 6.03 Å². The van der Waals surface area contributed by atoms with Gasteiger partial charge < -0.3 is 15.7 Å². The van der Waals surface area contributed by atoms with Crippen LogP contribution < -0.4 is 10.6 Å². The number of urea groups is 1. The zero-order valence-electron chi connectivity index (χ0n) is 10.1. The molecule has 0 aromatic heterocycles. The standard InChI is InChI=1S/C11H22N2O2/c1-10(2,11(3,4)15)13-9(14)12-8-6-5-7-8/h8,15H,5-7H2,1-4H3,(H2,12,13,14). The van der Waals surface area contributed by atoms with Crippen LogP contribution in [0.2, 0.25) is 0 Å². The van der Waals surface area contributed by atoms with Gasteiger partial charge in [-0.3, -0.25) is 0 Å². The van der Waals surface area contributed by atoms with Crippen LogP contribution in [0, 0.1) is 0 Å². The summed E-state index contributed by atoms with van der Waals surface area (Å²) in [6, 6.07) is 0.134. The summed E-state index contributed by atoms with van der Waals surface area (Å²) in [5.41, 5.74) is -1.58. The first-order valence-corrected chi connectivity index (χ1v) is 5.53. The van der Waals surface area contributed by atoms with Crippen LogP contribution in [-0.4, -0.2) is 28.3 Å². The van der Waals surface area contributed by atoms with E-state index in [4.69, 9.17) is 0 Å². The predicted molar refractivity (Wildman–Crippen MR) is 59.7 cm³/mol. The molecular formula is C11H22N2O2. The predicted octanol–water partition coefficient (Wildman–Crippen LogP) is 1.39. The molecule has 0 bridgehead atoms. The second-order valence-electron chi connectivity index (χ2n) is 5.41. The average Bonchev–Trinajstić information content (AvgIpc) is 1.93. The number of amides is 2. The minimum absolute atomic E-state index is 0.188. The van der Waals surface area contributed by atoms with Crippen molar-refractivity contribution in [3.63, 3.8) is 0 Å². The summed E-state index contributed by atoms with van der Waals surface area (Å²) in [4.78, 5) is 11.6. The van der Waals surface area contributed by atoms with Gasteiger partial charge in [-0.05, 0) is 47.0 Å². The molecular weight excluding hydrogens is 192 g/mol. The van der Waals surface area contributed by atoms with Crippen molar-refractivity contribution in [1.29, 1.82) is 0 Å². The molecule has 0 atom stereocenters. The molecule has 4 heteroatoms. The van der Waals surface area contributed by atoms with Gasteiger partial charge in [0.1, 0.15) is 0 Å². The van der Waals surface area contributed by atoms with E-state index in [-0.39, 0.29) is 6.03 Å². The maximum atomic E-state index is 11.6. The lowest BCUT2D eigenvalue weighted by molar-refractivity contribution is 0.000710. The van der Waals surface area contributed by atoms with Crippen molar-refractivity contribution in [3.05, 3.63) is 0 Å². The molecule has 4 nitrogen and oxygen atoms in total. The quantitative estimate of drug-likeness (QED) is 0.665. The van der Waals surface area contributed by atoms with Gasteiger partial charge in [0, 0.05) is 6.04 Å². The molecule has 0 spiro atoms. The van der Waals surface area contributed by atoms with Crippen molar-refractivity contribution in [2.45, 2.75) is 64.1 Å². The second kappa shape index (κ2) is 4.00. The third-order valence-corrected chi connectivity index (χ3v) is 3.40. The molecule has 0 aromatic rings. The molecule has 0 saturated heterocycles. The van der Waals surface area contributed by atoms with E-state index in [9.17, 15) is 9.90 Å². The fourth-order valence-electron chi connectivity index (χ4n) is 1.21. The fraction of sp³-hybridized carbons (Fsp3) is 0.909. The van der Waals surface area contributed by atoms with E-state index in [1.807, 2.05) is 13.8 Å². The van der Waals surface area contributed by atoms with Gasteiger partial charge in [-0.2, -0.15) is 0 Å². The molecule has 88 valence electrons. The van der Waals surface area contributed by atoms with Crippen LogP contribution in [0.5, 0.6) is 0 Å². The van der Waals surface area contributed by atoms with E-state index in [2.05, 4.69) is 10.6 Å². The monoisotopic (exact) mass is 214 g/mol. The zero-order valence-corrected chi connectivity index (χ0v) is 10.1. The summed E-state index contributed by atoms with van der Waals surface area (Å²) in [6.07, 6.45) is 3.33. The van der Waals surface area contributed by atoms with Crippen LogP contribution in [0.1, 0.15) is 47.0 Å². The lowest BCUT2D eigenvalue weighted by Crippen LogP contribution is -2.61. The average molecular weight is 214 g/mol. The Morgan fingerprint density at radius 2 is 1.80 bits per heavy atom. The van der Waals surface area contributed by atoms with Crippen molar-refractivity contribution in [2.75, 3.05) is 0 Å². The largest absolute Gasteiger partial charge is 0.388 e. The van der Waals surface area contributed by atoms with Crippen molar-refractivity contribution >= 4 is 6.03 Å². The van der Waals surface area contributed by atoms with Crippen molar-refractivity contribution < 1.29 is 9.90 Å². The Kier molecular flexibility index (Phi) is 3.28. The molecule has 1 fully saturated rings. The maximum Gasteiger partial charge on any atom is 0.315 e. The normalized spacial score (nSPS) is 18.2. The van der Waals surface area contributed by atoms with Gasteiger partial charge in [-0.1, -0.05) is 0 Å². The van der Waals surface area contributed by atoms with Gasteiger partial charge in [0.05, 0.1) is 11.1 Å². The highest BCUT2D eigenvalue weighted by Gasteiger charge is 2.36. The van der Waals surface area contributed by atoms with Crippen LogP contribution >= 0.6 is 0 Å². The Morgan fingerprint density at radius 1 is 1.27 bits per heavy atom. The van der Waals surface area contributed by atoms with Crippen LogP contribution in [0.25, 0.3) is 0 Å². The van der Waals surface area contributed by atoms with E-state index in [0.29, 0.717) is 6.04 Å². The van der Waals surface area contributed by atoms with Crippen LogP contribution in [0.4, 0.5) is 4.79 Å². The van der Waals surface area contributed by atoms with Gasteiger partial charge in [-0.25, -0.2) is 4.79 Å². The summed E-state index contributed by atoms with van der Waals surface area (Å²) < 4.78 is 0. The molecule has 0 aliphatic heterocycles. The van der Waals surface area contributed by atoms with Gasteiger partial charge in [0.15, 0.2) is 0 Å². The molecule has 2 amide bonds. The van der Waals surface area contributed by atoms with Gasteiger partial charge in [0.25, 0.3) is 0 Å². The topological polar surface area (TPSA) is 61.4 Å². The van der Waals surface area contributed by atoms with Crippen molar-refractivity contribution in [3.8, 4) is 0 Å². The summed E-state index contributed by atoms with van der Waals surface area (Å²) in [7, 11) is 0. The van der Waals surface area contributed by atoms with Gasteiger partial charge in [-0.15, -0.1) is 0 Å². The first-order valence-electron chi connectivity index (χ1n) is 5.53. The minimum atomic E-state index is -0.941.